The second-order valence-corrected chi connectivity index (χ2v) is 6.38. The molecule has 2 heterocycles. The van der Waals surface area contributed by atoms with E-state index in [9.17, 15) is 0 Å². The Bertz CT molecular complexity index is 167. The van der Waals surface area contributed by atoms with Gasteiger partial charge >= 0.3 is 0 Å². The average molecular weight is 254 g/mol. The highest BCUT2D eigenvalue weighted by atomic mass is 15.1. The minimum absolute atomic E-state index is 0.769. The molecule has 0 spiro atoms. The molecule has 0 atom stereocenters. The molecule has 18 heavy (non-hydrogen) atoms. The molecule has 2 aliphatic heterocycles. The number of piperidine rings is 2. The minimum Gasteiger partial charge on any atom is -0.301 e. The monoisotopic (exact) mass is 254 g/mol. The maximum Gasteiger partial charge on any atom is 0.00385 e. The molecule has 0 N–H and O–H groups in total. The van der Waals surface area contributed by atoms with Gasteiger partial charge in [-0.25, -0.2) is 0 Å². The van der Waals surface area contributed by atoms with Gasteiger partial charge in [0.1, 0.15) is 0 Å². The van der Waals surface area contributed by atoms with Gasteiger partial charge in [-0.15, -0.1) is 0 Å². The summed E-state index contributed by atoms with van der Waals surface area (Å²) in [5.41, 5.74) is 0. The molecule has 0 amide bonds. The second kappa shape index (κ2) is 8.92. The molecule has 0 aromatic carbocycles. The van der Waals surface area contributed by atoms with E-state index in [2.05, 4.69) is 37.5 Å². The van der Waals surface area contributed by atoms with Crippen LogP contribution in [0.3, 0.4) is 0 Å². The third-order valence-electron chi connectivity index (χ3n) is 4.24. The normalized spacial score (nSPS) is 23.0. The van der Waals surface area contributed by atoms with Crippen LogP contribution in [-0.4, -0.2) is 48.1 Å². The summed E-state index contributed by atoms with van der Waals surface area (Å²) in [6, 6.07) is 1.54. The van der Waals surface area contributed by atoms with Crippen molar-refractivity contribution in [2.24, 2.45) is 0 Å². The fraction of sp³-hybridized carbons (Fsp3) is 1.00. The van der Waals surface area contributed by atoms with Gasteiger partial charge in [-0.3, -0.25) is 0 Å². The summed E-state index contributed by atoms with van der Waals surface area (Å²) in [5.74, 6) is 0. The lowest BCUT2D eigenvalue weighted by molar-refractivity contribution is 0.185. The SMILES string of the molecule is CC(C)N1CCCCC1.CC(C)N1CCCCC1. The number of nitrogens with zero attached hydrogens (tertiary/aromatic N) is 2. The van der Waals surface area contributed by atoms with E-state index in [1.54, 1.807) is 0 Å². The Morgan fingerprint density at radius 3 is 0.944 bits per heavy atom. The van der Waals surface area contributed by atoms with Gasteiger partial charge < -0.3 is 9.80 Å². The van der Waals surface area contributed by atoms with Crippen molar-refractivity contribution < 1.29 is 0 Å². The van der Waals surface area contributed by atoms with E-state index in [0.29, 0.717) is 0 Å². The predicted molar refractivity (Wildman–Crippen MR) is 81.1 cm³/mol. The molecule has 2 aliphatic rings. The van der Waals surface area contributed by atoms with Crippen molar-refractivity contribution in [3.8, 4) is 0 Å². The fourth-order valence-electron chi connectivity index (χ4n) is 2.87. The Kier molecular flexibility index (Phi) is 7.92. The van der Waals surface area contributed by atoms with Crippen LogP contribution in [0.15, 0.2) is 0 Å². The van der Waals surface area contributed by atoms with Crippen LogP contribution in [0.5, 0.6) is 0 Å². The molecule has 2 nitrogen and oxygen atoms in total. The standard InChI is InChI=1S/2C8H17N/c2*1-8(2)9-6-4-3-5-7-9/h2*8H,3-7H2,1-2H3. The van der Waals surface area contributed by atoms with Crippen molar-refractivity contribution in [3.63, 3.8) is 0 Å². The van der Waals surface area contributed by atoms with Crippen molar-refractivity contribution in [3.05, 3.63) is 0 Å². The largest absolute Gasteiger partial charge is 0.301 e. The van der Waals surface area contributed by atoms with Crippen LogP contribution in [0.2, 0.25) is 0 Å². The molecule has 2 fully saturated rings. The zero-order valence-corrected chi connectivity index (χ0v) is 13.1. The van der Waals surface area contributed by atoms with E-state index < -0.39 is 0 Å². The molecule has 0 unspecified atom stereocenters. The van der Waals surface area contributed by atoms with Crippen LogP contribution in [0, 0.1) is 0 Å². The molecule has 2 saturated heterocycles. The first kappa shape index (κ1) is 16.0. The average Bonchev–Trinajstić information content (AvgIpc) is 2.41. The Labute approximate surface area is 115 Å². The van der Waals surface area contributed by atoms with Crippen molar-refractivity contribution in [2.75, 3.05) is 26.2 Å². The van der Waals surface area contributed by atoms with Gasteiger partial charge in [-0.2, -0.15) is 0 Å². The highest BCUT2D eigenvalue weighted by Gasteiger charge is 2.12. The van der Waals surface area contributed by atoms with Gasteiger partial charge in [-0.05, 0) is 79.6 Å². The third kappa shape index (κ3) is 6.19. The molecule has 0 bridgehead atoms. The summed E-state index contributed by atoms with van der Waals surface area (Å²) in [4.78, 5) is 5.12. The van der Waals surface area contributed by atoms with E-state index in [1.807, 2.05) is 0 Å². The summed E-state index contributed by atoms with van der Waals surface area (Å²) < 4.78 is 0. The van der Waals surface area contributed by atoms with E-state index in [0.717, 1.165) is 12.1 Å². The lowest BCUT2D eigenvalue weighted by Crippen LogP contribution is -2.35. The van der Waals surface area contributed by atoms with Gasteiger partial charge in [0.2, 0.25) is 0 Å². The van der Waals surface area contributed by atoms with Crippen LogP contribution in [0.1, 0.15) is 66.2 Å². The minimum atomic E-state index is 0.769. The highest BCUT2D eigenvalue weighted by Crippen LogP contribution is 2.11. The van der Waals surface area contributed by atoms with E-state index in [1.165, 1.54) is 64.7 Å². The predicted octanol–water partition coefficient (Wildman–Crippen LogP) is 3.76. The topological polar surface area (TPSA) is 6.48 Å². The zero-order valence-electron chi connectivity index (χ0n) is 13.1. The Morgan fingerprint density at radius 1 is 0.500 bits per heavy atom. The van der Waals surface area contributed by atoms with Crippen molar-refractivity contribution in [2.45, 2.75) is 78.3 Å². The Morgan fingerprint density at radius 2 is 0.778 bits per heavy atom. The molecule has 0 aromatic heterocycles. The molecular weight excluding hydrogens is 220 g/mol. The highest BCUT2D eigenvalue weighted by molar-refractivity contribution is 4.67. The molecule has 2 heteroatoms. The van der Waals surface area contributed by atoms with Crippen LogP contribution >= 0.6 is 0 Å². The maximum atomic E-state index is 2.56. The van der Waals surface area contributed by atoms with Crippen molar-refractivity contribution in [1.82, 2.24) is 9.80 Å². The molecule has 0 aromatic rings. The quantitative estimate of drug-likeness (QED) is 0.740. The Hall–Kier alpha value is -0.0800. The molecule has 108 valence electrons. The molecular formula is C16H34N2. The first-order chi connectivity index (χ1) is 8.61. The second-order valence-electron chi connectivity index (χ2n) is 6.38. The van der Waals surface area contributed by atoms with Gasteiger partial charge in [0, 0.05) is 12.1 Å². The summed E-state index contributed by atoms with van der Waals surface area (Å²) in [6.45, 7) is 14.5. The third-order valence-corrected chi connectivity index (χ3v) is 4.24. The van der Waals surface area contributed by atoms with Crippen LogP contribution in [0.25, 0.3) is 0 Å². The van der Waals surface area contributed by atoms with Gasteiger partial charge in [0.05, 0.1) is 0 Å². The summed E-state index contributed by atoms with van der Waals surface area (Å²) >= 11 is 0. The lowest BCUT2D eigenvalue weighted by Gasteiger charge is -2.29. The first-order valence-corrected chi connectivity index (χ1v) is 8.09. The van der Waals surface area contributed by atoms with E-state index in [4.69, 9.17) is 0 Å². The smallest absolute Gasteiger partial charge is 0.00385 e. The van der Waals surface area contributed by atoms with Crippen LogP contribution in [-0.2, 0) is 0 Å². The zero-order chi connectivity index (χ0) is 13.4. The van der Waals surface area contributed by atoms with Crippen molar-refractivity contribution in [1.29, 1.82) is 0 Å². The Balaban J connectivity index is 0.000000180. The van der Waals surface area contributed by atoms with E-state index in [-0.39, 0.29) is 0 Å². The van der Waals surface area contributed by atoms with Crippen molar-refractivity contribution >= 4 is 0 Å². The summed E-state index contributed by atoms with van der Waals surface area (Å²) in [5, 5.41) is 0. The van der Waals surface area contributed by atoms with E-state index >= 15 is 0 Å². The summed E-state index contributed by atoms with van der Waals surface area (Å²) in [7, 11) is 0. The first-order valence-electron chi connectivity index (χ1n) is 8.09. The maximum absolute atomic E-state index is 2.56. The van der Waals surface area contributed by atoms with Gasteiger partial charge in [0.15, 0.2) is 0 Å². The molecule has 2 rings (SSSR count). The number of rotatable bonds is 2. The lowest BCUT2D eigenvalue weighted by atomic mass is 10.1. The fourth-order valence-corrected chi connectivity index (χ4v) is 2.87. The molecule has 0 radical (unpaired) electrons. The van der Waals surface area contributed by atoms with Gasteiger partial charge in [-0.1, -0.05) is 12.8 Å². The molecule has 0 aliphatic carbocycles. The van der Waals surface area contributed by atoms with Crippen LogP contribution < -0.4 is 0 Å². The van der Waals surface area contributed by atoms with Gasteiger partial charge in [0.25, 0.3) is 0 Å². The van der Waals surface area contributed by atoms with Crippen LogP contribution in [0.4, 0.5) is 0 Å². The summed E-state index contributed by atoms with van der Waals surface area (Å²) in [6.07, 6.45) is 8.55. The molecule has 0 saturated carbocycles. The number of likely N-dealkylation sites (tertiary alicyclic amines) is 2. The number of hydrogen-bond donors (Lipinski definition) is 0. The number of hydrogen-bond acceptors (Lipinski definition) is 2.